The molecule has 7 nitrogen and oxygen atoms in total. The minimum atomic E-state index is -0.470. The van der Waals surface area contributed by atoms with Gasteiger partial charge in [0, 0.05) is 17.7 Å². The molecule has 26 heavy (non-hydrogen) atoms. The molecule has 0 aliphatic carbocycles. The van der Waals surface area contributed by atoms with E-state index in [2.05, 4.69) is 0 Å². The van der Waals surface area contributed by atoms with Crippen LogP contribution in [0.15, 0.2) is 39.5 Å². The molecule has 2 N–H and O–H groups in total. The number of ether oxygens (including phenoxy) is 3. The standard InChI is InChI=1S/C19H18O7/c1-23-14-5-4-10(6-16(14)24-2)15-8-13(22)18-17(26-15)7-12(21)11(9-20)19(18)25-3/h4-8,20-21H,9H2,1-3H3. The largest absolute Gasteiger partial charge is 0.507 e. The van der Waals surface area contributed by atoms with Crippen molar-refractivity contribution in [1.29, 1.82) is 0 Å². The fourth-order valence-electron chi connectivity index (χ4n) is 2.83. The van der Waals surface area contributed by atoms with E-state index in [0.717, 1.165) is 0 Å². The van der Waals surface area contributed by atoms with E-state index < -0.39 is 6.61 Å². The molecule has 136 valence electrons. The van der Waals surface area contributed by atoms with Crippen molar-refractivity contribution < 1.29 is 28.8 Å². The smallest absolute Gasteiger partial charge is 0.197 e. The molecule has 3 rings (SSSR count). The maximum absolute atomic E-state index is 12.7. The third kappa shape index (κ3) is 2.82. The lowest BCUT2D eigenvalue weighted by Gasteiger charge is -2.13. The second-order valence-corrected chi connectivity index (χ2v) is 5.48. The molecule has 3 aromatic rings. The summed E-state index contributed by atoms with van der Waals surface area (Å²) in [6.45, 7) is -0.470. The normalized spacial score (nSPS) is 10.8. The van der Waals surface area contributed by atoms with E-state index in [9.17, 15) is 15.0 Å². The Hall–Kier alpha value is -3.19. The zero-order valence-corrected chi connectivity index (χ0v) is 14.5. The fraction of sp³-hybridized carbons (Fsp3) is 0.211. The van der Waals surface area contributed by atoms with E-state index in [0.29, 0.717) is 22.8 Å². The number of benzene rings is 2. The van der Waals surface area contributed by atoms with Crippen molar-refractivity contribution in [2.24, 2.45) is 0 Å². The lowest BCUT2D eigenvalue weighted by Crippen LogP contribution is -2.05. The van der Waals surface area contributed by atoms with Crippen LogP contribution in [0.5, 0.6) is 23.0 Å². The lowest BCUT2D eigenvalue weighted by atomic mass is 10.1. The first-order chi connectivity index (χ1) is 12.5. The number of aliphatic hydroxyl groups excluding tert-OH is 1. The molecule has 1 heterocycles. The maximum atomic E-state index is 12.7. The molecule has 0 spiro atoms. The van der Waals surface area contributed by atoms with Gasteiger partial charge in [0.05, 0.1) is 33.5 Å². The molecule has 0 amide bonds. The Morgan fingerprint density at radius 3 is 2.35 bits per heavy atom. The fourth-order valence-corrected chi connectivity index (χ4v) is 2.83. The molecule has 0 radical (unpaired) electrons. The minimum Gasteiger partial charge on any atom is -0.507 e. The van der Waals surface area contributed by atoms with Gasteiger partial charge in [0.1, 0.15) is 28.2 Å². The molecule has 0 bridgehead atoms. The number of fused-ring (bicyclic) bond motifs is 1. The molecule has 0 unspecified atom stereocenters. The van der Waals surface area contributed by atoms with E-state index in [-0.39, 0.29) is 33.5 Å². The summed E-state index contributed by atoms with van der Waals surface area (Å²) in [6.07, 6.45) is 0. The number of aliphatic hydroxyl groups is 1. The predicted octanol–water partition coefficient (Wildman–Crippen LogP) is 2.68. The topological polar surface area (TPSA) is 98.4 Å². The van der Waals surface area contributed by atoms with Gasteiger partial charge in [-0.1, -0.05) is 0 Å². The SMILES string of the molecule is COc1ccc(-c2cc(=O)c3c(OC)c(CO)c(O)cc3o2)cc1OC. The van der Waals surface area contributed by atoms with Crippen molar-refractivity contribution in [2.45, 2.75) is 6.61 Å². The number of hydrogen-bond donors (Lipinski definition) is 2. The third-order valence-corrected chi connectivity index (χ3v) is 4.08. The summed E-state index contributed by atoms with van der Waals surface area (Å²) < 4.78 is 21.5. The van der Waals surface area contributed by atoms with Crippen LogP contribution in [0.3, 0.4) is 0 Å². The van der Waals surface area contributed by atoms with Crippen molar-refractivity contribution in [3.63, 3.8) is 0 Å². The van der Waals surface area contributed by atoms with E-state index in [1.807, 2.05) is 0 Å². The summed E-state index contributed by atoms with van der Waals surface area (Å²) >= 11 is 0. The highest BCUT2D eigenvalue weighted by molar-refractivity contribution is 5.88. The Labute approximate surface area is 149 Å². The van der Waals surface area contributed by atoms with Crippen LogP contribution in [-0.4, -0.2) is 31.5 Å². The van der Waals surface area contributed by atoms with Crippen LogP contribution in [0, 0.1) is 0 Å². The highest BCUT2D eigenvalue weighted by atomic mass is 16.5. The summed E-state index contributed by atoms with van der Waals surface area (Å²) in [6, 6.07) is 7.72. The Kier molecular flexibility index (Phi) is 4.73. The van der Waals surface area contributed by atoms with E-state index in [1.54, 1.807) is 18.2 Å². The Bertz CT molecular complexity index is 1020. The van der Waals surface area contributed by atoms with E-state index in [4.69, 9.17) is 18.6 Å². The van der Waals surface area contributed by atoms with E-state index in [1.165, 1.54) is 33.5 Å². The highest BCUT2D eigenvalue weighted by Gasteiger charge is 2.19. The zero-order chi connectivity index (χ0) is 18.8. The van der Waals surface area contributed by atoms with Gasteiger partial charge in [-0.15, -0.1) is 0 Å². The summed E-state index contributed by atoms with van der Waals surface area (Å²) in [5, 5.41) is 19.7. The van der Waals surface area contributed by atoms with Gasteiger partial charge in [0.2, 0.25) is 0 Å². The van der Waals surface area contributed by atoms with Crippen molar-refractivity contribution >= 4 is 11.0 Å². The van der Waals surface area contributed by atoms with Crippen LogP contribution in [-0.2, 0) is 6.61 Å². The number of aromatic hydroxyl groups is 1. The summed E-state index contributed by atoms with van der Waals surface area (Å²) in [5.41, 5.74) is 0.522. The summed E-state index contributed by atoms with van der Waals surface area (Å²) in [5.74, 6) is 1.20. The first-order valence-corrected chi connectivity index (χ1v) is 7.74. The van der Waals surface area contributed by atoms with Gasteiger partial charge < -0.3 is 28.8 Å². The average molecular weight is 358 g/mol. The van der Waals surface area contributed by atoms with Crippen LogP contribution in [0.2, 0.25) is 0 Å². The van der Waals surface area contributed by atoms with E-state index >= 15 is 0 Å². The van der Waals surface area contributed by atoms with Crippen molar-refractivity contribution in [3.05, 3.63) is 46.1 Å². The number of phenols is 1. The van der Waals surface area contributed by atoms with Crippen LogP contribution in [0.25, 0.3) is 22.3 Å². The van der Waals surface area contributed by atoms with Crippen LogP contribution >= 0.6 is 0 Å². The monoisotopic (exact) mass is 358 g/mol. The Morgan fingerprint density at radius 1 is 1.00 bits per heavy atom. The maximum Gasteiger partial charge on any atom is 0.197 e. The Morgan fingerprint density at radius 2 is 1.73 bits per heavy atom. The molecule has 0 aliphatic heterocycles. The van der Waals surface area contributed by atoms with Gasteiger partial charge >= 0.3 is 0 Å². The van der Waals surface area contributed by atoms with Gasteiger partial charge in [-0.3, -0.25) is 4.79 Å². The summed E-state index contributed by atoms with van der Waals surface area (Å²) in [4.78, 5) is 12.7. The van der Waals surface area contributed by atoms with Gasteiger partial charge in [0.25, 0.3) is 0 Å². The summed E-state index contributed by atoms with van der Waals surface area (Å²) in [7, 11) is 4.40. The van der Waals surface area contributed by atoms with Gasteiger partial charge in [-0.2, -0.15) is 0 Å². The molecule has 2 aromatic carbocycles. The van der Waals surface area contributed by atoms with Gasteiger partial charge in [-0.05, 0) is 18.2 Å². The van der Waals surface area contributed by atoms with Crippen LogP contribution in [0.1, 0.15) is 5.56 Å². The van der Waals surface area contributed by atoms with Crippen molar-refractivity contribution in [3.8, 4) is 34.3 Å². The second-order valence-electron chi connectivity index (χ2n) is 5.48. The molecular weight excluding hydrogens is 340 g/mol. The second kappa shape index (κ2) is 6.97. The Balaban J connectivity index is 2.26. The molecular formula is C19H18O7. The molecule has 0 saturated carbocycles. The van der Waals surface area contributed by atoms with Crippen LogP contribution < -0.4 is 19.6 Å². The average Bonchev–Trinajstić information content (AvgIpc) is 2.65. The molecule has 0 fully saturated rings. The first kappa shape index (κ1) is 17.6. The number of rotatable bonds is 5. The first-order valence-electron chi connectivity index (χ1n) is 7.74. The zero-order valence-electron chi connectivity index (χ0n) is 14.5. The minimum absolute atomic E-state index is 0.0927. The van der Waals surface area contributed by atoms with Crippen molar-refractivity contribution in [2.75, 3.05) is 21.3 Å². The van der Waals surface area contributed by atoms with Crippen molar-refractivity contribution in [1.82, 2.24) is 0 Å². The van der Waals surface area contributed by atoms with Crippen LogP contribution in [0.4, 0.5) is 0 Å². The molecule has 1 aromatic heterocycles. The van der Waals surface area contributed by atoms with Gasteiger partial charge in [0.15, 0.2) is 16.9 Å². The highest BCUT2D eigenvalue weighted by Crippen LogP contribution is 2.37. The molecule has 0 saturated heterocycles. The number of methoxy groups -OCH3 is 3. The quantitative estimate of drug-likeness (QED) is 0.723. The predicted molar refractivity (Wildman–Crippen MR) is 95.2 cm³/mol. The number of hydrogen-bond acceptors (Lipinski definition) is 7. The molecule has 0 atom stereocenters. The third-order valence-electron chi connectivity index (χ3n) is 4.08. The lowest BCUT2D eigenvalue weighted by molar-refractivity contribution is 0.267. The van der Waals surface area contributed by atoms with Gasteiger partial charge in [-0.25, -0.2) is 0 Å². The molecule has 7 heteroatoms. The molecule has 0 aliphatic rings.